The van der Waals surface area contributed by atoms with E-state index >= 15 is 0 Å². The summed E-state index contributed by atoms with van der Waals surface area (Å²) >= 11 is 0. The molecule has 0 spiro atoms. The van der Waals surface area contributed by atoms with E-state index in [4.69, 9.17) is 4.74 Å². The second-order valence-electron chi connectivity index (χ2n) is 3.13. The highest BCUT2D eigenvalue weighted by Gasteiger charge is 2.21. The van der Waals surface area contributed by atoms with Gasteiger partial charge in [0, 0.05) is 11.5 Å². The Labute approximate surface area is 67.1 Å². The lowest BCUT2D eigenvalue weighted by Crippen LogP contribution is -2.03. The molecule has 0 saturated heterocycles. The molecular weight excluding hydrogens is 136 g/mol. The Bertz CT molecular complexity index is 269. The van der Waals surface area contributed by atoms with E-state index in [-0.39, 0.29) is 0 Å². The van der Waals surface area contributed by atoms with Crippen molar-refractivity contribution in [1.82, 2.24) is 0 Å². The lowest BCUT2D eigenvalue weighted by atomic mass is 9.92. The molecule has 2 rings (SSSR count). The van der Waals surface area contributed by atoms with Crippen molar-refractivity contribution in [2.45, 2.75) is 13.8 Å². The van der Waals surface area contributed by atoms with Gasteiger partial charge in [-0.1, -0.05) is 19.1 Å². The topological polar surface area (TPSA) is 9.23 Å². The summed E-state index contributed by atoms with van der Waals surface area (Å²) in [5.41, 5.74) is 2.62. The average Bonchev–Trinajstić information content (AvgIpc) is 2.45. The van der Waals surface area contributed by atoms with Gasteiger partial charge >= 0.3 is 0 Å². The Morgan fingerprint density at radius 1 is 1.55 bits per heavy atom. The van der Waals surface area contributed by atoms with Crippen LogP contribution in [0.3, 0.4) is 0 Å². The van der Waals surface area contributed by atoms with Crippen LogP contribution in [0.15, 0.2) is 35.1 Å². The molecule has 0 amide bonds. The lowest BCUT2D eigenvalue weighted by molar-refractivity contribution is 0.270. The van der Waals surface area contributed by atoms with Crippen LogP contribution in [0.4, 0.5) is 0 Å². The summed E-state index contributed by atoms with van der Waals surface area (Å²) in [6.07, 6.45) is 6.54. The summed E-state index contributed by atoms with van der Waals surface area (Å²) in [5, 5.41) is 0. The van der Waals surface area contributed by atoms with Crippen LogP contribution in [0, 0.1) is 5.92 Å². The smallest absolute Gasteiger partial charge is 0.126 e. The minimum Gasteiger partial charge on any atom is -0.489 e. The summed E-state index contributed by atoms with van der Waals surface area (Å²) in [7, 11) is 0. The van der Waals surface area contributed by atoms with Crippen LogP contribution < -0.4 is 0 Å². The van der Waals surface area contributed by atoms with Crippen molar-refractivity contribution >= 4 is 0 Å². The van der Waals surface area contributed by atoms with Gasteiger partial charge in [0.05, 0.1) is 0 Å². The molecule has 0 fully saturated rings. The van der Waals surface area contributed by atoms with Gasteiger partial charge in [-0.3, -0.25) is 0 Å². The van der Waals surface area contributed by atoms with Gasteiger partial charge in [0.15, 0.2) is 0 Å². The van der Waals surface area contributed by atoms with Crippen molar-refractivity contribution < 1.29 is 4.74 Å². The number of hydrogen-bond acceptors (Lipinski definition) is 1. The number of rotatable bonds is 0. The fraction of sp³-hybridized carbons (Fsp3) is 0.400. The Balaban J connectivity index is 2.46. The molecule has 0 saturated carbocycles. The van der Waals surface area contributed by atoms with E-state index in [0.717, 1.165) is 12.4 Å². The number of fused-ring (bicyclic) bond motifs is 1. The molecule has 0 aromatic rings. The quantitative estimate of drug-likeness (QED) is 0.512. The zero-order chi connectivity index (χ0) is 7.84. The Morgan fingerprint density at radius 2 is 2.36 bits per heavy atom. The normalized spacial score (nSPS) is 28.2. The van der Waals surface area contributed by atoms with Gasteiger partial charge in [-0.2, -0.15) is 0 Å². The van der Waals surface area contributed by atoms with Crippen LogP contribution in [-0.4, -0.2) is 6.61 Å². The van der Waals surface area contributed by atoms with Crippen LogP contribution in [0.5, 0.6) is 0 Å². The molecule has 0 N–H and O–H groups in total. The summed E-state index contributed by atoms with van der Waals surface area (Å²) < 4.78 is 5.48. The Kier molecular flexibility index (Phi) is 1.38. The van der Waals surface area contributed by atoms with Crippen molar-refractivity contribution in [2.24, 2.45) is 5.92 Å². The van der Waals surface area contributed by atoms with Gasteiger partial charge in [-0.25, -0.2) is 0 Å². The van der Waals surface area contributed by atoms with Gasteiger partial charge in [0.2, 0.25) is 0 Å². The first-order chi connectivity index (χ1) is 5.29. The highest BCUT2D eigenvalue weighted by molar-refractivity contribution is 5.44. The van der Waals surface area contributed by atoms with Crippen molar-refractivity contribution in [3.8, 4) is 0 Å². The maximum Gasteiger partial charge on any atom is 0.126 e. The molecule has 1 heterocycles. The van der Waals surface area contributed by atoms with Crippen LogP contribution >= 0.6 is 0 Å². The molecule has 1 aliphatic carbocycles. The minimum atomic E-state index is 0.538. The molecule has 0 bridgehead atoms. The Morgan fingerprint density at radius 3 is 3.09 bits per heavy atom. The fourth-order valence-electron chi connectivity index (χ4n) is 1.59. The second kappa shape index (κ2) is 2.26. The van der Waals surface area contributed by atoms with E-state index in [1.165, 1.54) is 11.1 Å². The third-order valence-corrected chi connectivity index (χ3v) is 2.28. The van der Waals surface area contributed by atoms with Crippen LogP contribution in [0.25, 0.3) is 0 Å². The molecule has 1 atom stereocenters. The molecular formula is C10H12O. The number of allylic oxidation sites excluding steroid dienone is 4. The summed E-state index contributed by atoms with van der Waals surface area (Å²) in [5.74, 6) is 1.65. The van der Waals surface area contributed by atoms with Gasteiger partial charge in [-0.05, 0) is 18.6 Å². The third kappa shape index (κ3) is 0.917. The van der Waals surface area contributed by atoms with E-state index in [1.54, 1.807) is 0 Å². The predicted molar refractivity (Wildman–Crippen MR) is 45.0 cm³/mol. The van der Waals surface area contributed by atoms with E-state index in [2.05, 4.69) is 32.1 Å². The Hall–Kier alpha value is -0.980. The molecule has 1 heteroatoms. The summed E-state index contributed by atoms with van der Waals surface area (Å²) in [6, 6.07) is 0. The molecule has 11 heavy (non-hydrogen) atoms. The number of ether oxygens (including phenoxy) is 1. The first-order valence-electron chi connectivity index (χ1n) is 4.01. The standard InChI is InChI=1S/C10H12O/c1-7-3-4-8(2)10-9(7)5-6-11-10/h3-5,7H,6H2,1-2H3. The van der Waals surface area contributed by atoms with Crippen LogP contribution in [0.2, 0.25) is 0 Å². The van der Waals surface area contributed by atoms with Gasteiger partial charge in [-0.15, -0.1) is 0 Å². The molecule has 1 unspecified atom stereocenters. The van der Waals surface area contributed by atoms with E-state index in [9.17, 15) is 0 Å². The SMILES string of the molecule is CC1=C2OCC=C2C(C)C=C1. The first kappa shape index (κ1) is 6.71. The van der Waals surface area contributed by atoms with Crippen molar-refractivity contribution in [3.63, 3.8) is 0 Å². The van der Waals surface area contributed by atoms with E-state index in [0.29, 0.717) is 5.92 Å². The number of hydrogen-bond donors (Lipinski definition) is 0. The van der Waals surface area contributed by atoms with Gasteiger partial charge < -0.3 is 4.74 Å². The summed E-state index contributed by atoms with van der Waals surface area (Å²) in [6.45, 7) is 5.05. The van der Waals surface area contributed by atoms with Crippen molar-refractivity contribution in [3.05, 3.63) is 35.1 Å². The predicted octanol–water partition coefficient (Wildman–Crippen LogP) is 2.42. The largest absolute Gasteiger partial charge is 0.489 e. The monoisotopic (exact) mass is 148 g/mol. The van der Waals surface area contributed by atoms with E-state index < -0.39 is 0 Å². The average molecular weight is 148 g/mol. The first-order valence-corrected chi connectivity index (χ1v) is 4.01. The minimum absolute atomic E-state index is 0.538. The van der Waals surface area contributed by atoms with E-state index in [1.807, 2.05) is 0 Å². The van der Waals surface area contributed by atoms with Crippen LogP contribution in [-0.2, 0) is 4.74 Å². The van der Waals surface area contributed by atoms with Crippen molar-refractivity contribution in [1.29, 1.82) is 0 Å². The van der Waals surface area contributed by atoms with Gasteiger partial charge in [0.25, 0.3) is 0 Å². The molecule has 58 valence electrons. The highest BCUT2D eigenvalue weighted by Crippen LogP contribution is 2.33. The van der Waals surface area contributed by atoms with Gasteiger partial charge in [0.1, 0.15) is 12.4 Å². The maximum absolute atomic E-state index is 5.48. The van der Waals surface area contributed by atoms with Crippen LogP contribution in [0.1, 0.15) is 13.8 Å². The second-order valence-corrected chi connectivity index (χ2v) is 3.13. The molecule has 1 nitrogen and oxygen atoms in total. The zero-order valence-electron chi connectivity index (χ0n) is 6.92. The fourth-order valence-corrected chi connectivity index (χ4v) is 1.59. The summed E-state index contributed by atoms with van der Waals surface area (Å²) in [4.78, 5) is 0. The molecule has 0 aromatic heterocycles. The van der Waals surface area contributed by atoms with Crippen molar-refractivity contribution in [2.75, 3.05) is 6.61 Å². The zero-order valence-corrected chi connectivity index (χ0v) is 6.92. The lowest BCUT2D eigenvalue weighted by Gasteiger charge is -2.16. The molecule has 0 radical (unpaired) electrons. The third-order valence-electron chi connectivity index (χ3n) is 2.28. The molecule has 0 aromatic carbocycles. The molecule has 2 aliphatic rings. The maximum atomic E-state index is 5.48. The molecule has 1 aliphatic heterocycles. The highest BCUT2D eigenvalue weighted by atomic mass is 16.5.